The molecule has 0 unspecified atom stereocenters. The molecule has 8 nitrogen and oxygen atoms in total. The van der Waals surface area contributed by atoms with Crippen LogP contribution in [0.15, 0.2) is 24.3 Å². The fourth-order valence-electron chi connectivity index (χ4n) is 2.12. The van der Waals surface area contributed by atoms with Gasteiger partial charge in [0, 0.05) is 6.61 Å². The van der Waals surface area contributed by atoms with E-state index < -0.39 is 43.1 Å². The summed E-state index contributed by atoms with van der Waals surface area (Å²) in [6.07, 6.45) is -3.26. The molecule has 150 valence electrons. The molecule has 0 radical (unpaired) electrons. The average Bonchev–Trinajstić information content (AvgIpc) is 2.66. The summed E-state index contributed by atoms with van der Waals surface area (Å²) < 4.78 is 10.4. The van der Waals surface area contributed by atoms with Crippen molar-refractivity contribution in [2.45, 2.75) is 62.9 Å². The highest BCUT2D eigenvalue weighted by Crippen LogP contribution is 2.22. The van der Waals surface area contributed by atoms with Crippen LogP contribution < -0.4 is 0 Å². The third kappa shape index (κ3) is 7.81. The van der Waals surface area contributed by atoms with Crippen LogP contribution in [0.1, 0.15) is 19.8 Å². The second-order valence-corrected chi connectivity index (χ2v) is 5.75. The number of hydrogen-bond donors (Lipinski definition) is 6. The molecule has 27 heavy (non-hydrogen) atoms. The van der Waals surface area contributed by atoms with Crippen molar-refractivity contribution in [3.63, 3.8) is 0 Å². The minimum absolute atomic E-state index is 0.000514. The standard InChI is InChI=1S/C19H26O8/c1-2-3-4-5-7-10-13(21)14(11-8-6-9-12-20)26-19-17(24)15(22)16(23)18(25)27-19/h2-3,8,11,13-25H,6,9,12H2,1H3/b3-2+,11-8+/t13-,14+,15+,16+,17-,18+,19-/m1/s1. The van der Waals surface area contributed by atoms with E-state index in [1.165, 1.54) is 6.08 Å². The molecule has 0 aromatic heterocycles. The molecule has 0 bridgehead atoms. The van der Waals surface area contributed by atoms with Gasteiger partial charge in [-0.3, -0.25) is 0 Å². The van der Waals surface area contributed by atoms with Gasteiger partial charge in [-0.1, -0.05) is 30.1 Å². The van der Waals surface area contributed by atoms with Gasteiger partial charge >= 0.3 is 0 Å². The van der Waals surface area contributed by atoms with E-state index in [0.717, 1.165) is 0 Å². The van der Waals surface area contributed by atoms with Crippen LogP contribution in [0.5, 0.6) is 0 Å². The smallest absolute Gasteiger partial charge is 0.190 e. The zero-order valence-corrected chi connectivity index (χ0v) is 15.0. The highest BCUT2D eigenvalue weighted by Gasteiger charge is 2.44. The molecule has 0 spiro atoms. The van der Waals surface area contributed by atoms with Crippen LogP contribution in [0.4, 0.5) is 0 Å². The molecule has 0 aromatic rings. The van der Waals surface area contributed by atoms with Gasteiger partial charge < -0.3 is 40.1 Å². The van der Waals surface area contributed by atoms with Crippen LogP contribution in [0.3, 0.4) is 0 Å². The first-order chi connectivity index (χ1) is 12.9. The number of unbranched alkanes of at least 4 members (excludes halogenated alkanes) is 1. The van der Waals surface area contributed by atoms with Crippen molar-refractivity contribution in [1.82, 2.24) is 0 Å². The maximum absolute atomic E-state index is 10.2. The van der Waals surface area contributed by atoms with Gasteiger partial charge in [0.05, 0.1) is 0 Å². The Morgan fingerprint density at radius 1 is 1.11 bits per heavy atom. The summed E-state index contributed by atoms with van der Waals surface area (Å²) in [7, 11) is 0. The van der Waals surface area contributed by atoms with E-state index in [-0.39, 0.29) is 6.61 Å². The molecule has 1 saturated heterocycles. The monoisotopic (exact) mass is 382 g/mol. The zero-order valence-electron chi connectivity index (χ0n) is 15.0. The first kappa shape index (κ1) is 23.3. The highest BCUT2D eigenvalue weighted by atomic mass is 16.7. The van der Waals surface area contributed by atoms with Crippen LogP contribution in [-0.2, 0) is 9.47 Å². The molecule has 7 atom stereocenters. The van der Waals surface area contributed by atoms with Crippen molar-refractivity contribution in [2.24, 2.45) is 0 Å². The predicted octanol–water partition coefficient (Wildman–Crippen LogP) is -1.60. The Morgan fingerprint density at radius 3 is 2.52 bits per heavy atom. The van der Waals surface area contributed by atoms with Crippen molar-refractivity contribution in [1.29, 1.82) is 0 Å². The summed E-state index contributed by atoms with van der Waals surface area (Å²) in [4.78, 5) is 0. The third-order valence-electron chi connectivity index (χ3n) is 3.61. The van der Waals surface area contributed by atoms with E-state index in [4.69, 9.17) is 14.6 Å². The van der Waals surface area contributed by atoms with Crippen molar-refractivity contribution in [3.8, 4) is 23.7 Å². The summed E-state index contributed by atoms with van der Waals surface area (Å²) in [5, 5.41) is 57.8. The molecule has 6 N–H and O–H groups in total. The maximum Gasteiger partial charge on any atom is 0.190 e. The zero-order chi connectivity index (χ0) is 20.2. The Balaban J connectivity index is 2.87. The molecule has 1 fully saturated rings. The first-order valence-electron chi connectivity index (χ1n) is 8.53. The van der Waals surface area contributed by atoms with Gasteiger partial charge in [-0.15, -0.1) is 0 Å². The fourth-order valence-corrected chi connectivity index (χ4v) is 2.12. The van der Waals surface area contributed by atoms with E-state index in [1.54, 1.807) is 25.2 Å². The van der Waals surface area contributed by atoms with E-state index in [2.05, 4.69) is 23.7 Å². The third-order valence-corrected chi connectivity index (χ3v) is 3.61. The molecule has 1 rings (SSSR count). The van der Waals surface area contributed by atoms with Gasteiger partial charge in [0.15, 0.2) is 12.6 Å². The molecule has 8 heteroatoms. The Kier molecular flexibility index (Phi) is 10.9. The number of allylic oxidation sites excluding steroid dienone is 3. The minimum atomic E-state index is -1.76. The molecule has 1 aliphatic heterocycles. The van der Waals surface area contributed by atoms with E-state index in [9.17, 15) is 25.5 Å². The van der Waals surface area contributed by atoms with Crippen LogP contribution >= 0.6 is 0 Å². The summed E-state index contributed by atoms with van der Waals surface area (Å²) in [5.74, 6) is 10.1. The maximum atomic E-state index is 10.2. The van der Waals surface area contributed by atoms with Gasteiger partial charge in [0.25, 0.3) is 0 Å². The molecule has 0 aromatic carbocycles. The average molecular weight is 382 g/mol. The van der Waals surface area contributed by atoms with Gasteiger partial charge in [0.2, 0.25) is 0 Å². The quantitative estimate of drug-likeness (QED) is 0.176. The van der Waals surface area contributed by atoms with Gasteiger partial charge in [-0.05, 0) is 37.7 Å². The topological polar surface area (TPSA) is 140 Å². The minimum Gasteiger partial charge on any atom is -0.396 e. The Hall–Kier alpha value is -1.72. The second kappa shape index (κ2) is 12.6. The molecule has 0 aliphatic carbocycles. The normalized spacial score (nSPS) is 30.4. The number of ether oxygens (including phenoxy) is 2. The molecule has 1 aliphatic rings. The fraction of sp³-hybridized carbons (Fsp3) is 0.579. The summed E-state index contributed by atoms with van der Waals surface area (Å²) in [6, 6.07) is 0. The van der Waals surface area contributed by atoms with Crippen LogP contribution in [0.25, 0.3) is 0 Å². The summed E-state index contributed by atoms with van der Waals surface area (Å²) >= 11 is 0. The largest absolute Gasteiger partial charge is 0.396 e. The van der Waals surface area contributed by atoms with Crippen molar-refractivity contribution in [3.05, 3.63) is 24.3 Å². The van der Waals surface area contributed by atoms with E-state index in [1.807, 2.05) is 0 Å². The Bertz CT molecular complexity index is 609. The van der Waals surface area contributed by atoms with Crippen molar-refractivity contribution >= 4 is 0 Å². The lowest BCUT2D eigenvalue weighted by molar-refractivity contribution is -0.347. The van der Waals surface area contributed by atoms with Gasteiger partial charge in [-0.25, -0.2) is 0 Å². The van der Waals surface area contributed by atoms with Crippen molar-refractivity contribution in [2.75, 3.05) is 6.61 Å². The number of aliphatic hydroxyl groups excluding tert-OH is 6. The summed E-state index contributed by atoms with van der Waals surface area (Å²) in [5.41, 5.74) is 0. The molecular formula is C19H26O8. The highest BCUT2D eigenvalue weighted by molar-refractivity contribution is 5.32. The molecular weight excluding hydrogens is 356 g/mol. The van der Waals surface area contributed by atoms with E-state index in [0.29, 0.717) is 12.8 Å². The SMILES string of the molecule is C/C=C/C#CC#C[C@@H](O)[C@H](/C=C/CCCO)O[C@@H]1O[C@H](O)[C@@H](O)[C@H](O)[C@H]1O. The lowest BCUT2D eigenvalue weighted by atomic mass is 10.0. The molecule has 0 amide bonds. The Morgan fingerprint density at radius 2 is 1.85 bits per heavy atom. The van der Waals surface area contributed by atoms with Crippen molar-refractivity contribution < 1.29 is 40.1 Å². The number of aliphatic hydroxyl groups is 6. The van der Waals surface area contributed by atoms with Crippen LogP contribution in [0.2, 0.25) is 0 Å². The molecule has 1 heterocycles. The van der Waals surface area contributed by atoms with Crippen LogP contribution in [-0.4, -0.2) is 80.3 Å². The second-order valence-electron chi connectivity index (χ2n) is 5.75. The lowest BCUT2D eigenvalue weighted by Crippen LogP contribution is -2.59. The number of rotatable bonds is 7. The van der Waals surface area contributed by atoms with Gasteiger partial charge in [0.1, 0.15) is 30.5 Å². The van der Waals surface area contributed by atoms with Crippen LogP contribution in [0, 0.1) is 23.7 Å². The first-order valence-corrected chi connectivity index (χ1v) is 8.53. The van der Waals surface area contributed by atoms with E-state index >= 15 is 0 Å². The Labute approximate surface area is 158 Å². The predicted molar refractivity (Wildman–Crippen MR) is 95.6 cm³/mol. The molecule has 0 saturated carbocycles. The van der Waals surface area contributed by atoms with Gasteiger partial charge in [-0.2, -0.15) is 0 Å². The summed E-state index contributed by atoms with van der Waals surface area (Å²) in [6.45, 7) is 1.80. The lowest BCUT2D eigenvalue weighted by Gasteiger charge is -2.39. The number of hydrogen-bond acceptors (Lipinski definition) is 8.